The Morgan fingerprint density at radius 3 is 2.32 bits per heavy atom. The van der Waals surface area contributed by atoms with Crippen LogP contribution in [0.1, 0.15) is 27.2 Å². The highest BCUT2D eigenvalue weighted by atomic mass is 16.4. The Balaban J connectivity index is 1.88. The van der Waals surface area contributed by atoms with Crippen molar-refractivity contribution in [2.45, 2.75) is 13.0 Å². The highest BCUT2D eigenvalue weighted by Crippen LogP contribution is 2.06. The number of nitrogens with one attached hydrogen (secondary N) is 1. The van der Waals surface area contributed by atoms with Crippen LogP contribution >= 0.6 is 0 Å². The van der Waals surface area contributed by atoms with Gasteiger partial charge in [-0.3, -0.25) is 9.78 Å². The molecule has 2 aromatic carbocycles. The Kier molecular flexibility index (Phi) is 4.56. The van der Waals surface area contributed by atoms with Gasteiger partial charge in [-0.25, -0.2) is 14.3 Å². The second kappa shape index (κ2) is 6.96. The molecule has 0 bridgehead atoms. The average molecular weight is 337 g/mol. The standard InChI is InChI=1S/C18H15N3O4/c22-16-15(10-12-4-2-1-3-5-12)20-21(18(25)19-16)11-13-6-8-14(9-7-13)17(23)24/h1-9H,10-11H2,(H,23,24)(H,19,22,25). The molecule has 0 radical (unpaired) electrons. The molecular formula is C18H15N3O4. The van der Waals surface area contributed by atoms with Crippen molar-refractivity contribution in [2.75, 3.05) is 0 Å². The molecule has 126 valence electrons. The first-order valence-electron chi connectivity index (χ1n) is 7.59. The van der Waals surface area contributed by atoms with Crippen molar-refractivity contribution in [2.24, 2.45) is 0 Å². The molecule has 0 aliphatic heterocycles. The molecule has 1 aromatic heterocycles. The largest absolute Gasteiger partial charge is 0.478 e. The summed E-state index contributed by atoms with van der Waals surface area (Å²) in [6.45, 7) is 0.136. The molecule has 0 saturated carbocycles. The van der Waals surface area contributed by atoms with Gasteiger partial charge in [-0.1, -0.05) is 42.5 Å². The van der Waals surface area contributed by atoms with Crippen LogP contribution in [0.3, 0.4) is 0 Å². The summed E-state index contributed by atoms with van der Waals surface area (Å²) in [5, 5.41) is 13.1. The molecule has 0 spiro atoms. The van der Waals surface area contributed by atoms with Gasteiger partial charge in [-0.15, -0.1) is 0 Å². The van der Waals surface area contributed by atoms with Crippen LogP contribution in [-0.4, -0.2) is 25.8 Å². The van der Waals surface area contributed by atoms with Gasteiger partial charge < -0.3 is 5.11 Å². The van der Waals surface area contributed by atoms with Crippen molar-refractivity contribution >= 4 is 5.97 Å². The van der Waals surface area contributed by atoms with Crippen LogP contribution in [0.2, 0.25) is 0 Å². The van der Waals surface area contributed by atoms with E-state index < -0.39 is 17.2 Å². The smallest absolute Gasteiger partial charge is 0.345 e. The predicted octanol–water partition coefficient (Wildman–Crippen LogP) is 1.27. The van der Waals surface area contributed by atoms with Gasteiger partial charge >= 0.3 is 11.7 Å². The normalized spacial score (nSPS) is 10.6. The number of H-pyrrole nitrogens is 1. The summed E-state index contributed by atoms with van der Waals surface area (Å²) >= 11 is 0. The van der Waals surface area contributed by atoms with Crippen LogP contribution in [0.5, 0.6) is 0 Å². The van der Waals surface area contributed by atoms with Gasteiger partial charge in [0.15, 0.2) is 0 Å². The molecule has 0 fully saturated rings. The number of rotatable bonds is 5. The molecule has 0 unspecified atom stereocenters. The zero-order valence-corrected chi connectivity index (χ0v) is 13.2. The summed E-state index contributed by atoms with van der Waals surface area (Å²) in [4.78, 5) is 37.1. The van der Waals surface area contributed by atoms with Gasteiger partial charge in [0.2, 0.25) is 0 Å². The second-order valence-corrected chi connectivity index (χ2v) is 5.53. The third-order valence-electron chi connectivity index (χ3n) is 3.71. The summed E-state index contributed by atoms with van der Waals surface area (Å²) in [5.74, 6) is -1.02. The van der Waals surface area contributed by atoms with Gasteiger partial charge in [0.1, 0.15) is 5.69 Å². The summed E-state index contributed by atoms with van der Waals surface area (Å²) in [5.41, 5.74) is 0.910. The van der Waals surface area contributed by atoms with E-state index in [1.54, 1.807) is 12.1 Å². The summed E-state index contributed by atoms with van der Waals surface area (Å²) in [6.07, 6.45) is 0.314. The minimum atomic E-state index is -1.02. The lowest BCUT2D eigenvalue weighted by molar-refractivity contribution is 0.0697. The summed E-state index contributed by atoms with van der Waals surface area (Å²) in [6, 6.07) is 15.5. The Morgan fingerprint density at radius 2 is 1.68 bits per heavy atom. The number of aromatic amines is 1. The van der Waals surface area contributed by atoms with Crippen LogP contribution in [0.25, 0.3) is 0 Å². The lowest BCUT2D eigenvalue weighted by Crippen LogP contribution is -2.35. The first-order chi connectivity index (χ1) is 12.0. The molecule has 25 heavy (non-hydrogen) atoms. The van der Waals surface area contributed by atoms with E-state index in [9.17, 15) is 14.4 Å². The Hall–Kier alpha value is -3.48. The fourth-order valence-electron chi connectivity index (χ4n) is 2.41. The maximum atomic E-state index is 12.0. The quantitative estimate of drug-likeness (QED) is 0.729. The molecule has 0 aliphatic rings. The van der Waals surface area contributed by atoms with Crippen molar-refractivity contribution in [1.29, 1.82) is 0 Å². The van der Waals surface area contributed by atoms with E-state index in [0.717, 1.165) is 10.2 Å². The monoisotopic (exact) mass is 337 g/mol. The van der Waals surface area contributed by atoms with E-state index in [4.69, 9.17) is 5.11 Å². The summed E-state index contributed by atoms with van der Waals surface area (Å²) < 4.78 is 1.16. The molecule has 1 heterocycles. The number of nitrogens with zero attached hydrogens (tertiary/aromatic N) is 2. The van der Waals surface area contributed by atoms with E-state index in [-0.39, 0.29) is 17.8 Å². The van der Waals surface area contributed by atoms with Crippen molar-refractivity contribution in [3.8, 4) is 0 Å². The number of aromatic nitrogens is 3. The maximum absolute atomic E-state index is 12.0. The number of carboxylic acid groups (broad SMARTS) is 1. The average Bonchev–Trinajstić information content (AvgIpc) is 2.60. The van der Waals surface area contributed by atoms with E-state index in [0.29, 0.717) is 12.0 Å². The lowest BCUT2D eigenvalue weighted by Gasteiger charge is -2.07. The van der Waals surface area contributed by atoms with E-state index in [1.165, 1.54) is 12.1 Å². The Morgan fingerprint density at radius 1 is 1.00 bits per heavy atom. The first-order valence-corrected chi connectivity index (χ1v) is 7.59. The third-order valence-corrected chi connectivity index (χ3v) is 3.71. The minimum absolute atomic E-state index is 0.136. The van der Waals surface area contributed by atoms with Gasteiger partial charge in [-0.2, -0.15) is 5.10 Å². The molecule has 3 rings (SSSR count). The van der Waals surface area contributed by atoms with Gasteiger partial charge in [0.25, 0.3) is 5.56 Å². The first kappa shape index (κ1) is 16.4. The van der Waals surface area contributed by atoms with Gasteiger partial charge in [0, 0.05) is 6.42 Å². The lowest BCUT2D eigenvalue weighted by atomic mass is 10.1. The van der Waals surface area contributed by atoms with E-state index >= 15 is 0 Å². The minimum Gasteiger partial charge on any atom is -0.478 e. The molecule has 0 aliphatic carbocycles. The van der Waals surface area contributed by atoms with E-state index in [1.807, 2.05) is 30.3 Å². The van der Waals surface area contributed by atoms with Crippen LogP contribution in [0, 0.1) is 0 Å². The van der Waals surface area contributed by atoms with Crippen molar-refractivity contribution in [3.05, 3.63) is 97.8 Å². The fourth-order valence-corrected chi connectivity index (χ4v) is 2.41. The van der Waals surface area contributed by atoms with Crippen molar-refractivity contribution in [3.63, 3.8) is 0 Å². The maximum Gasteiger partial charge on any atom is 0.345 e. The zero-order valence-electron chi connectivity index (χ0n) is 13.2. The second-order valence-electron chi connectivity index (χ2n) is 5.53. The van der Waals surface area contributed by atoms with Crippen LogP contribution in [-0.2, 0) is 13.0 Å². The van der Waals surface area contributed by atoms with Crippen LogP contribution in [0.4, 0.5) is 0 Å². The van der Waals surface area contributed by atoms with Crippen LogP contribution < -0.4 is 11.2 Å². The molecule has 3 aromatic rings. The van der Waals surface area contributed by atoms with E-state index in [2.05, 4.69) is 10.1 Å². The Labute approximate surface area is 142 Å². The highest BCUT2D eigenvalue weighted by Gasteiger charge is 2.09. The predicted molar refractivity (Wildman–Crippen MR) is 90.9 cm³/mol. The highest BCUT2D eigenvalue weighted by molar-refractivity contribution is 5.87. The number of carbonyl (C=O) groups is 1. The molecule has 0 atom stereocenters. The van der Waals surface area contributed by atoms with Crippen LogP contribution in [0.15, 0.2) is 64.2 Å². The number of benzene rings is 2. The van der Waals surface area contributed by atoms with Crippen molar-refractivity contribution in [1.82, 2.24) is 14.8 Å². The topological polar surface area (TPSA) is 105 Å². The fraction of sp³-hybridized carbons (Fsp3) is 0.111. The SMILES string of the molecule is O=C(O)c1ccc(Cn2nc(Cc3ccccc3)c(=O)[nH]c2=O)cc1. The molecular weight excluding hydrogens is 322 g/mol. The van der Waals surface area contributed by atoms with Crippen molar-refractivity contribution < 1.29 is 9.90 Å². The van der Waals surface area contributed by atoms with Gasteiger partial charge in [0.05, 0.1) is 12.1 Å². The number of carboxylic acids is 1. The third kappa shape index (κ3) is 3.89. The molecule has 0 amide bonds. The molecule has 0 saturated heterocycles. The number of aromatic carboxylic acids is 1. The zero-order chi connectivity index (χ0) is 17.8. The molecule has 7 heteroatoms. The number of hydrogen-bond donors (Lipinski definition) is 2. The molecule has 7 nitrogen and oxygen atoms in total. The summed E-state index contributed by atoms with van der Waals surface area (Å²) in [7, 11) is 0. The molecule has 2 N–H and O–H groups in total. The number of hydrogen-bond acceptors (Lipinski definition) is 4. The van der Waals surface area contributed by atoms with Gasteiger partial charge in [-0.05, 0) is 23.3 Å². The Bertz CT molecular complexity index is 1000.